The lowest BCUT2D eigenvalue weighted by Crippen LogP contribution is -1.99. The van der Waals surface area contributed by atoms with Crippen LogP contribution in [0.3, 0.4) is 0 Å². The lowest BCUT2D eigenvalue weighted by molar-refractivity contribution is -0.385. The van der Waals surface area contributed by atoms with E-state index in [2.05, 4.69) is 0 Å². The summed E-state index contributed by atoms with van der Waals surface area (Å²) in [5, 5.41) is 10.8. The largest absolute Gasteiger partial charge is 0.522 e. The van der Waals surface area contributed by atoms with Gasteiger partial charge >= 0.3 is 12.4 Å². The molecule has 0 atom stereocenters. The van der Waals surface area contributed by atoms with Crippen molar-refractivity contribution in [3.8, 4) is 11.5 Å². The van der Waals surface area contributed by atoms with Crippen molar-refractivity contribution in [1.82, 2.24) is 0 Å². The standard InChI is InChI=1S/C8H11NO7PS/c1-15-7-5(9(10)11)3-4-6(8(7)16-2)18-17(12,13)14/h3-4,12-14H,1-2H3/q+1. The normalized spacial score (nSPS) is 10.9. The van der Waals surface area contributed by atoms with Crippen molar-refractivity contribution < 1.29 is 29.1 Å². The van der Waals surface area contributed by atoms with Gasteiger partial charge in [0.05, 0.1) is 19.1 Å². The molecule has 0 heterocycles. The second-order valence-corrected chi connectivity index (χ2v) is 6.68. The first kappa shape index (κ1) is 14.8. The minimum atomic E-state index is -4.14. The summed E-state index contributed by atoms with van der Waals surface area (Å²) in [6.07, 6.45) is 0. The highest BCUT2D eigenvalue weighted by atomic mass is 32.5. The Bertz CT molecular complexity index is 518. The summed E-state index contributed by atoms with van der Waals surface area (Å²) >= 11 is 0. The van der Waals surface area contributed by atoms with Crippen molar-refractivity contribution in [3.05, 3.63) is 22.2 Å². The number of nitro groups is 1. The van der Waals surface area contributed by atoms with Crippen LogP contribution in [-0.2, 0) is 10.9 Å². The van der Waals surface area contributed by atoms with Crippen molar-refractivity contribution in [1.29, 1.82) is 0 Å². The minimum absolute atomic E-state index is 0.0433. The van der Waals surface area contributed by atoms with Crippen LogP contribution in [0.1, 0.15) is 0 Å². The van der Waals surface area contributed by atoms with E-state index in [0.29, 0.717) is 10.9 Å². The maximum Gasteiger partial charge on any atom is 0.522 e. The van der Waals surface area contributed by atoms with E-state index >= 15 is 0 Å². The molecule has 0 saturated carbocycles. The van der Waals surface area contributed by atoms with Crippen LogP contribution in [0, 0.1) is 10.1 Å². The molecule has 1 rings (SSSR count). The zero-order valence-corrected chi connectivity index (χ0v) is 11.1. The molecule has 0 amide bonds. The van der Waals surface area contributed by atoms with Crippen molar-refractivity contribution in [2.75, 3.05) is 14.2 Å². The quantitative estimate of drug-likeness (QED) is 0.323. The number of nitro benzene ring substituents is 1. The lowest BCUT2D eigenvalue weighted by Gasteiger charge is -2.06. The first-order chi connectivity index (χ1) is 8.30. The second kappa shape index (κ2) is 5.59. The molecule has 0 bridgehead atoms. The molecule has 0 radical (unpaired) electrons. The van der Waals surface area contributed by atoms with Crippen LogP contribution in [0.15, 0.2) is 17.0 Å². The first-order valence-electron chi connectivity index (χ1n) is 4.46. The number of rotatable bonds is 4. The van der Waals surface area contributed by atoms with Gasteiger partial charge in [-0.15, -0.1) is 0 Å². The fraction of sp³-hybridized carbons (Fsp3) is 0.250. The fourth-order valence-electron chi connectivity index (χ4n) is 1.27. The molecule has 0 unspecified atom stereocenters. The monoisotopic (exact) mass is 296 g/mol. The molecule has 0 saturated heterocycles. The van der Waals surface area contributed by atoms with Gasteiger partial charge in [0.15, 0.2) is 0 Å². The molecule has 1 aromatic rings. The molecule has 0 aliphatic rings. The third-order valence-corrected chi connectivity index (χ3v) is 3.97. The van der Waals surface area contributed by atoms with Crippen LogP contribution in [0.25, 0.3) is 0 Å². The van der Waals surface area contributed by atoms with E-state index in [0.717, 1.165) is 6.07 Å². The number of hydrogen-bond acceptors (Lipinski definition) is 4. The van der Waals surface area contributed by atoms with E-state index in [1.165, 1.54) is 20.3 Å². The molecule has 1 aromatic carbocycles. The highest BCUT2D eigenvalue weighted by Gasteiger charge is 2.31. The average Bonchev–Trinajstić information content (AvgIpc) is 2.25. The SMILES string of the molecule is COc1c([S+]=P(O)(O)O)ccc([N+](=O)[O-])c1OC. The Morgan fingerprint density at radius 1 is 1.22 bits per heavy atom. The van der Waals surface area contributed by atoms with Crippen LogP contribution in [0.5, 0.6) is 11.5 Å². The molecule has 8 nitrogen and oxygen atoms in total. The van der Waals surface area contributed by atoms with Crippen molar-refractivity contribution in [2.24, 2.45) is 0 Å². The molecule has 0 fully saturated rings. The summed E-state index contributed by atoms with van der Waals surface area (Å²) in [6, 6.07) is 2.36. The number of benzene rings is 1. The number of nitrogens with zero attached hydrogens (tertiary/aromatic N) is 1. The summed E-state index contributed by atoms with van der Waals surface area (Å²) in [5.41, 5.74) is -0.323. The molecule has 3 N–H and O–H groups in total. The van der Waals surface area contributed by atoms with E-state index in [4.69, 9.17) is 24.2 Å². The lowest BCUT2D eigenvalue weighted by atomic mass is 10.2. The molecule has 0 aliphatic heterocycles. The van der Waals surface area contributed by atoms with Gasteiger partial charge in [0, 0.05) is 12.1 Å². The van der Waals surface area contributed by atoms with Gasteiger partial charge < -0.3 is 9.47 Å². The predicted molar refractivity (Wildman–Crippen MR) is 65.4 cm³/mol. The van der Waals surface area contributed by atoms with E-state index in [1.54, 1.807) is 0 Å². The second-order valence-electron chi connectivity index (χ2n) is 3.01. The van der Waals surface area contributed by atoms with Crippen LogP contribution in [-0.4, -0.2) is 33.8 Å². The van der Waals surface area contributed by atoms with Crippen LogP contribution < -0.4 is 9.47 Å². The van der Waals surface area contributed by atoms with Gasteiger partial charge in [-0.25, -0.2) is 0 Å². The van der Waals surface area contributed by atoms with Crippen LogP contribution >= 0.6 is 6.72 Å². The molecule has 0 aromatic heterocycles. The summed E-state index contributed by atoms with van der Waals surface area (Å²) < 4.78 is 9.81. The summed E-state index contributed by atoms with van der Waals surface area (Å²) in [4.78, 5) is 37.2. The highest BCUT2D eigenvalue weighted by Crippen LogP contribution is 2.43. The van der Waals surface area contributed by atoms with E-state index in [-0.39, 0.29) is 22.1 Å². The van der Waals surface area contributed by atoms with Crippen molar-refractivity contribution >= 4 is 23.3 Å². The highest BCUT2D eigenvalue weighted by molar-refractivity contribution is 8.16. The zero-order valence-electron chi connectivity index (χ0n) is 9.43. The Morgan fingerprint density at radius 2 is 1.78 bits per heavy atom. The molecule has 18 heavy (non-hydrogen) atoms. The Hall–Kier alpha value is -1.25. The van der Waals surface area contributed by atoms with Crippen LogP contribution in [0.2, 0.25) is 0 Å². The minimum Gasteiger partial charge on any atom is -0.488 e. The molecule has 0 spiro atoms. The molecule has 0 aliphatic carbocycles. The number of hydrogen-bond donors (Lipinski definition) is 3. The van der Waals surface area contributed by atoms with Crippen molar-refractivity contribution in [3.63, 3.8) is 0 Å². The Labute approximate surface area is 106 Å². The summed E-state index contributed by atoms with van der Waals surface area (Å²) in [7, 11) is 2.82. The van der Waals surface area contributed by atoms with Crippen LogP contribution in [0.4, 0.5) is 5.69 Å². The summed E-state index contributed by atoms with van der Waals surface area (Å²) in [6.45, 7) is -4.14. The molecular formula is C8H11NO7PS+. The maximum absolute atomic E-state index is 10.8. The van der Waals surface area contributed by atoms with Crippen molar-refractivity contribution in [2.45, 2.75) is 4.90 Å². The fourth-order valence-corrected chi connectivity index (χ4v) is 3.15. The van der Waals surface area contributed by atoms with E-state index in [9.17, 15) is 10.1 Å². The van der Waals surface area contributed by atoms with Gasteiger partial charge in [0.2, 0.25) is 11.5 Å². The van der Waals surface area contributed by atoms with E-state index < -0.39 is 11.6 Å². The molecule has 10 heteroatoms. The zero-order chi connectivity index (χ0) is 13.9. The molecular weight excluding hydrogens is 285 g/mol. The molecule has 100 valence electrons. The predicted octanol–water partition coefficient (Wildman–Crippen LogP) is 0.708. The maximum atomic E-state index is 10.8. The van der Waals surface area contributed by atoms with Gasteiger partial charge in [-0.05, 0) is 0 Å². The smallest absolute Gasteiger partial charge is 0.488 e. The summed E-state index contributed by atoms with van der Waals surface area (Å²) in [5.74, 6) is -0.195. The Morgan fingerprint density at radius 3 is 2.17 bits per heavy atom. The number of methoxy groups -OCH3 is 2. The average molecular weight is 296 g/mol. The third kappa shape index (κ3) is 3.37. The van der Waals surface area contributed by atoms with Gasteiger partial charge in [0.1, 0.15) is 0 Å². The van der Waals surface area contributed by atoms with Gasteiger partial charge in [0.25, 0.3) is 15.8 Å². The Balaban J connectivity index is 3.54. The van der Waals surface area contributed by atoms with E-state index in [1.807, 2.05) is 0 Å². The number of ether oxygens (including phenoxy) is 2. The topological polar surface area (TPSA) is 122 Å². The first-order valence-corrected chi connectivity index (χ1v) is 7.53. The van der Waals surface area contributed by atoms with Gasteiger partial charge in [-0.2, -0.15) is 0 Å². The van der Waals surface area contributed by atoms with Gasteiger partial charge in [-0.1, -0.05) is 0 Å². The van der Waals surface area contributed by atoms with Gasteiger partial charge in [-0.3, -0.25) is 24.8 Å². The Kier molecular flexibility index (Phi) is 4.60. The third-order valence-electron chi connectivity index (χ3n) is 1.88.